The normalized spacial score (nSPS) is 27.3. The minimum atomic E-state index is 0.624. The number of benzene rings is 1. The lowest BCUT2D eigenvalue weighted by atomic mass is 9.99. The average molecular weight is 231 g/mol. The Hall–Kier alpha value is -1.02. The Kier molecular flexibility index (Phi) is 2.62. The summed E-state index contributed by atoms with van der Waals surface area (Å²) in [5.41, 5.74) is 3.06. The minimum absolute atomic E-state index is 0.624. The third-order valence-corrected chi connectivity index (χ3v) is 4.28. The van der Waals surface area contributed by atoms with E-state index in [2.05, 4.69) is 36.9 Å². The van der Waals surface area contributed by atoms with Gasteiger partial charge in [-0.2, -0.15) is 0 Å². The van der Waals surface area contributed by atoms with Crippen LogP contribution in [0.15, 0.2) is 18.2 Å². The first-order chi connectivity index (χ1) is 8.22. The van der Waals surface area contributed by atoms with Gasteiger partial charge in [0.1, 0.15) is 5.75 Å². The average Bonchev–Trinajstić information content (AvgIpc) is 2.54. The summed E-state index contributed by atoms with van der Waals surface area (Å²) in [6, 6.07) is 8.54. The van der Waals surface area contributed by atoms with Crippen LogP contribution in [0.25, 0.3) is 0 Å². The zero-order chi connectivity index (χ0) is 12.0. The summed E-state index contributed by atoms with van der Waals surface area (Å²) in [4.78, 5) is 2.69. The van der Waals surface area contributed by atoms with Crippen molar-refractivity contribution in [3.05, 3.63) is 29.3 Å². The second-order valence-electron chi connectivity index (χ2n) is 5.50. The van der Waals surface area contributed by atoms with Crippen molar-refractivity contribution in [2.75, 3.05) is 7.11 Å². The maximum Gasteiger partial charge on any atom is 0.119 e. The van der Waals surface area contributed by atoms with Gasteiger partial charge in [-0.3, -0.25) is 4.90 Å². The lowest BCUT2D eigenvalue weighted by molar-refractivity contribution is 0.0746. The molecule has 1 aromatic carbocycles. The summed E-state index contributed by atoms with van der Waals surface area (Å²) < 4.78 is 5.37. The van der Waals surface area contributed by atoms with Crippen molar-refractivity contribution in [3.63, 3.8) is 0 Å². The molecule has 0 amide bonds. The quantitative estimate of drug-likeness (QED) is 0.769. The van der Waals surface area contributed by atoms with Crippen LogP contribution < -0.4 is 4.74 Å². The molecular weight excluding hydrogens is 210 g/mol. The molecule has 0 spiro atoms. The molecular formula is C15H21NO. The molecule has 0 radical (unpaired) electrons. The molecule has 2 atom stereocenters. The number of hydrogen-bond donors (Lipinski definition) is 0. The predicted molar refractivity (Wildman–Crippen MR) is 69.3 cm³/mol. The van der Waals surface area contributed by atoms with Gasteiger partial charge in [-0.25, -0.2) is 0 Å². The summed E-state index contributed by atoms with van der Waals surface area (Å²) in [6.07, 6.45) is 3.97. The first kappa shape index (κ1) is 11.1. The number of nitrogens with zero attached hydrogens (tertiary/aromatic N) is 1. The van der Waals surface area contributed by atoms with Crippen molar-refractivity contribution in [2.24, 2.45) is 0 Å². The molecule has 0 aliphatic carbocycles. The van der Waals surface area contributed by atoms with Crippen LogP contribution in [0.1, 0.15) is 56.3 Å². The Bertz CT molecular complexity index is 427. The molecule has 0 aromatic heterocycles. The van der Waals surface area contributed by atoms with Gasteiger partial charge in [-0.1, -0.05) is 6.07 Å². The molecule has 3 rings (SSSR count). The van der Waals surface area contributed by atoms with Crippen molar-refractivity contribution in [1.29, 1.82) is 0 Å². The summed E-state index contributed by atoms with van der Waals surface area (Å²) in [5.74, 6) is 1.00. The Labute approximate surface area is 104 Å². The third-order valence-electron chi connectivity index (χ3n) is 4.28. The van der Waals surface area contributed by atoms with Gasteiger partial charge >= 0.3 is 0 Å². The number of piperidine rings is 1. The molecule has 92 valence electrons. The first-order valence-corrected chi connectivity index (χ1v) is 6.67. The lowest BCUT2D eigenvalue weighted by Gasteiger charge is -2.38. The van der Waals surface area contributed by atoms with E-state index in [4.69, 9.17) is 4.74 Å². The highest BCUT2D eigenvalue weighted by Crippen LogP contribution is 2.52. The van der Waals surface area contributed by atoms with E-state index in [0.29, 0.717) is 18.1 Å². The molecule has 2 bridgehead atoms. The molecule has 0 saturated carbocycles. The van der Waals surface area contributed by atoms with E-state index >= 15 is 0 Å². The Morgan fingerprint density at radius 1 is 1.18 bits per heavy atom. The van der Waals surface area contributed by atoms with Gasteiger partial charge in [0.25, 0.3) is 0 Å². The van der Waals surface area contributed by atoms with Crippen LogP contribution in [0.3, 0.4) is 0 Å². The molecule has 2 heterocycles. The smallest absolute Gasteiger partial charge is 0.119 e. The van der Waals surface area contributed by atoms with Crippen molar-refractivity contribution in [3.8, 4) is 5.75 Å². The summed E-state index contributed by atoms with van der Waals surface area (Å²) in [5, 5.41) is 0. The first-order valence-electron chi connectivity index (χ1n) is 6.67. The van der Waals surface area contributed by atoms with Crippen LogP contribution in [0.4, 0.5) is 0 Å². The monoisotopic (exact) mass is 231 g/mol. The van der Waals surface area contributed by atoms with E-state index in [1.165, 1.54) is 24.8 Å². The fourth-order valence-corrected chi connectivity index (χ4v) is 3.64. The van der Waals surface area contributed by atoms with E-state index < -0.39 is 0 Å². The summed E-state index contributed by atoms with van der Waals surface area (Å²) in [7, 11) is 1.75. The molecule has 1 saturated heterocycles. The van der Waals surface area contributed by atoms with Gasteiger partial charge in [0.05, 0.1) is 7.11 Å². The fourth-order valence-electron chi connectivity index (χ4n) is 3.64. The predicted octanol–water partition coefficient (Wildman–Crippen LogP) is 3.69. The molecule has 0 N–H and O–H groups in total. The maximum absolute atomic E-state index is 5.37. The van der Waals surface area contributed by atoms with Crippen molar-refractivity contribution in [2.45, 2.75) is 51.2 Å². The van der Waals surface area contributed by atoms with Crippen LogP contribution in [0.5, 0.6) is 5.75 Å². The zero-order valence-electron chi connectivity index (χ0n) is 10.9. The molecule has 0 unspecified atom stereocenters. The van der Waals surface area contributed by atoms with Gasteiger partial charge in [-0.15, -0.1) is 0 Å². The highest BCUT2D eigenvalue weighted by molar-refractivity contribution is 5.44. The van der Waals surface area contributed by atoms with Gasteiger partial charge in [0.15, 0.2) is 0 Å². The molecule has 17 heavy (non-hydrogen) atoms. The Morgan fingerprint density at radius 2 is 1.88 bits per heavy atom. The van der Waals surface area contributed by atoms with Crippen molar-refractivity contribution in [1.82, 2.24) is 4.90 Å². The SMILES string of the molecule is COc1ccc2c(c1)[C@@H]1CCC[C@H]2N1C(C)C. The van der Waals surface area contributed by atoms with Crippen LogP contribution in [0.2, 0.25) is 0 Å². The van der Waals surface area contributed by atoms with E-state index in [-0.39, 0.29) is 0 Å². The fraction of sp³-hybridized carbons (Fsp3) is 0.600. The molecule has 1 fully saturated rings. The number of fused-ring (bicyclic) bond motifs is 5. The molecule has 2 aliphatic rings. The van der Waals surface area contributed by atoms with Crippen LogP contribution >= 0.6 is 0 Å². The highest BCUT2D eigenvalue weighted by Gasteiger charge is 2.42. The van der Waals surface area contributed by atoms with E-state index in [1.807, 2.05) is 0 Å². The Balaban J connectivity index is 2.06. The topological polar surface area (TPSA) is 12.5 Å². The number of hydrogen-bond acceptors (Lipinski definition) is 2. The minimum Gasteiger partial charge on any atom is -0.497 e. The van der Waals surface area contributed by atoms with Gasteiger partial charge in [0, 0.05) is 18.1 Å². The standard InChI is InChI=1S/C15H21NO/c1-10(2)16-14-5-4-6-15(16)13-9-11(17-3)7-8-12(13)14/h7-10,14-15H,4-6H2,1-3H3/t14-,15+/m1/s1. The van der Waals surface area contributed by atoms with E-state index in [9.17, 15) is 0 Å². The van der Waals surface area contributed by atoms with Gasteiger partial charge < -0.3 is 4.74 Å². The van der Waals surface area contributed by atoms with E-state index in [1.54, 1.807) is 12.7 Å². The van der Waals surface area contributed by atoms with Gasteiger partial charge in [-0.05, 0) is 56.4 Å². The molecule has 2 heteroatoms. The third kappa shape index (κ3) is 1.58. The summed E-state index contributed by atoms with van der Waals surface area (Å²) in [6.45, 7) is 4.63. The number of methoxy groups -OCH3 is 1. The molecule has 2 aliphatic heterocycles. The van der Waals surface area contributed by atoms with Gasteiger partial charge in [0.2, 0.25) is 0 Å². The Morgan fingerprint density at radius 3 is 2.53 bits per heavy atom. The molecule has 2 nitrogen and oxygen atoms in total. The number of ether oxygens (including phenoxy) is 1. The van der Waals surface area contributed by atoms with Crippen LogP contribution in [-0.2, 0) is 0 Å². The lowest BCUT2D eigenvalue weighted by Crippen LogP contribution is -2.35. The highest BCUT2D eigenvalue weighted by atomic mass is 16.5. The largest absolute Gasteiger partial charge is 0.497 e. The van der Waals surface area contributed by atoms with E-state index in [0.717, 1.165) is 5.75 Å². The zero-order valence-corrected chi connectivity index (χ0v) is 10.9. The second kappa shape index (κ2) is 4.02. The maximum atomic E-state index is 5.37. The summed E-state index contributed by atoms with van der Waals surface area (Å²) >= 11 is 0. The van der Waals surface area contributed by atoms with Crippen LogP contribution in [0, 0.1) is 0 Å². The van der Waals surface area contributed by atoms with Crippen LogP contribution in [-0.4, -0.2) is 18.1 Å². The van der Waals surface area contributed by atoms with Crippen molar-refractivity contribution >= 4 is 0 Å². The second-order valence-corrected chi connectivity index (χ2v) is 5.50. The molecule has 1 aromatic rings. The van der Waals surface area contributed by atoms with Crippen molar-refractivity contribution < 1.29 is 4.74 Å². The number of rotatable bonds is 2.